The first-order chi connectivity index (χ1) is 10.3. The van der Waals surface area contributed by atoms with Crippen LogP contribution in [0.2, 0.25) is 0 Å². The van der Waals surface area contributed by atoms with E-state index in [9.17, 15) is 4.79 Å². The number of thiophene rings is 1. The average Bonchev–Trinajstić information content (AvgIpc) is 3.06. The lowest BCUT2D eigenvalue weighted by Gasteiger charge is -2.12. The summed E-state index contributed by atoms with van der Waals surface area (Å²) in [4.78, 5) is 17.6. The topological polar surface area (TPSA) is 48.4 Å². The zero-order valence-electron chi connectivity index (χ0n) is 11.6. The Morgan fingerprint density at radius 1 is 1.10 bits per heavy atom. The normalized spacial score (nSPS) is 10.6. The number of ketones is 1. The van der Waals surface area contributed by atoms with Crippen molar-refractivity contribution in [3.05, 3.63) is 52.3 Å². The lowest BCUT2D eigenvalue weighted by molar-refractivity contribution is 0.104. The van der Waals surface area contributed by atoms with Crippen LogP contribution in [-0.2, 0) is 0 Å². The Kier molecular flexibility index (Phi) is 3.58. The molecule has 0 aliphatic heterocycles. The van der Waals surface area contributed by atoms with Crippen LogP contribution in [0.1, 0.15) is 15.2 Å². The second-order valence-corrected chi connectivity index (χ2v) is 5.31. The molecule has 0 fully saturated rings. The Hall–Kier alpha value is -2.40. The van der Waals surface area contributed by atoms with Gasteiger partial charge in [0.15, 0.2) is 0 Å². The molecule has 5 heteroatoms. The van der Waals surface area contributed by atoms with Gasteiger partial charge in [-0.25, -0.2) is 4.98 Å². The van der Waals surface area contributed by atoms with E-state index >= 15 is 0 Å². The molecule has 3 aromatic rings. The first kappa shape index (κ1) is 13.6. The van der Waals surface area contributed by atoms with E-state index in [1.54, 1.807) is 32.5 Å². The van der Waals surface area contributed by atoms with E-state index in [0.29, 0.717) is 22.1 Å². The first-order valence-electron chi connectivity index (χ1n) is 6.34. The van der Waals surface area contributed by atoms with Crippen LogP contribution in [-0.4, -0.2) is 25.0 Å². The van der Waals surface area contributed by atoms with Gasteiger partial charge >= 0.3 is 0 Å². The molecule has 2 heterocycles. The van der Waals surface area contributed by atoms with Gasteiger partial charge in [0.25, 0.3) is 0 Å². The van der Waals surface area contributed by atoms with Crippen molar-refractivity contribution in [2.45, 2.75) is 0 Å². The van der Waals surface area contributed by atoms with Gasteiger partial charge in [-0.15, -0.1) is 11.3 Å². The highest BCUT2D eigenvalue weighted by atomic mass is 32.1. The Labute approximate surface area is 126 Å². The molecule has 0 aliphatic rings. The van der Waals surface area contributed by atoms with Crippen molar-refractivity contribution in [1.29, 1.82) is 0 Å². The lowest BCUT2D eigenvalue weighted by atomic mass is 10.0. The molecule has 0 spiro atoms. The van der Waals surface area contributed by atoms with Gasteiger partial charge in [0.05, 0.1) is 24.7 Å². The number of nitrogens with zero attached hydrogens (tertiary/aromatic N) is 1. The summed E-state index contributed by atoms with van der Waals surface area (Å²) in [5.74, 6) is 0.991. The molecule has 0 saturated carbocycles. The fourth-order valence-corrected chi connectivity index (χ4v) is 2.98. The maximum Gasteiger partial charge on any atom is 0.221 e. The number of aromatic nitrogens is 1. The van der Waals surface area contributed by atoms with Crippen LogP contribution in [0, 0.1) is 0 Å². The van der Waals surface area contributed by atoms with Crippen molar-refractivity contribution in [3.8, 4) is 11.6 Å². The van der Waals surface area contributed by atoms with Crippen molar-refractivity contribution in [1.82, 2.24) is 4.98 Å². The highest BCUT2D eigenvalue weighted by molar-refractivity contribution is 7.12. The fourth-order valence-electron chi connectivity index (χ4n) is 2.31. The highest BCUT2D eigenvalue weighted by Gasteiger charge is 2.20. The Morgan fingerprint density at radius 3 is 2.62 bits per heavy atom. The lowest BCUT2D eigenvalue weighted by Crippen LogP contribution is -2.04. The third-order valence-corrected chi connectivity index (χ3v) is 4.12. The molecule has 2 aromatic heterocycles. The SMILES string of the molecule is COc1ccc2c(OC)nccc2c1C(=O)c1cccs1. The fraction of sp³-hybridized carbons (Fsp3) is 0.125. The molecular formula is C16H13NO3S. The quantitative estimate of drug-likeness (QED) is 0.691. The molecule has 3 rings (SSSR count). The Morgan fingerprint density at radius 2 is 1.95 bits per heavy atom. The van der Waals surface area contributed by atoms with E-state index in [4.69, 9.17) is 9.47 Å². The summed E-state index contributed by atoms with van der Waals surface area (Å²) in [6, 6.07) is 9.10. The van der Waals surface area contributed by atoms with Gasteiger partial charge in [0, 0.05) is 17.0 Å². The van der Waals surface area contributed by atoms with Crippen LogP contribution in [0.3, 0.4) is 0 Å². The molecule has 0 bridgehead atoms. The van der Waals surface area contributed by atoms with Gasteiger partial charge < -0.3 is 9.47 Å². The standard InChI is InChI=1S/C16H13NO3S/c1-19-12-6-5-11-10(7-8-17-16(11)20-2)14(12)15(18)13-4-3-9-21-13/h3-9H,1-2H3. The van der Waals surface area contributed by atoms with Crippen LogP contribution in [0.5, 0.6) is 11.6 Å². The maximum atomic E-state index is 12.8. The second-order valence-electron chi connectivity index (χ2n) is 4.36. The largest absolute Gasteiger partial charge is 0.496 e. The van der Waals surface area contributed by atoms with Gasteiger partial charge in [0.1, 0.15) is 5.75 Å². The van der Waals surface area contributed by atoms with Gasteiger partial charge in [-0.05, 0) is 29.6 Å². The summed E-state index contributed by atoms with van der Waals surface area (Å²) in [5.41, 5.74) is 0.540. The molecule has 106 valence electrons. The number of rotatable bonds is 4. The maximum absolute atomic E-state index is 12.8. The van der Waals surface area contributed by atoms with Crippen LogP contribution in [0.15, 0.2) is 41.9 Å². The molecule has 0 unspecified atom stereocenters. The number of methoxy groups -OCH3 is 2. The number of carbonyl (C=O) groups excluding carboxylic acids is 1. The number of hydrogen-bond acceptors (Lipinski definition) is 5. The second kappa shape index (κ2) is 5.54. The van der Waals surface area contributed by atoms with Crippen molar-refractivity contribution in [2.24, 2.45) is 0 Å². The zero-order valence-corrected chi connectivity index (χ0v) is 12.4. The van der Waals surface area contributed by atoms with Crippen LogP contribution < -0.4 is 9.47 Å². The van der Waals surface area contributed by atoms with E-state index in [2.05, 4.69) is 4.98 Å². The summed E-state index contributed by atoms with van der Waals surface area (Å²) >= 11 is 1.41. The minimum absolute atomic E-state index is 0.0549. The zero-order chi connectivity index (χ0) is 14.8. The molecule has 0 N–H and O–H groups in total. The summed E-state index contributed by atoms with van der Waals surface area (Å²) < 4.78 is 10.6. The van der Waals surface area contributed by atoms with E-state index in [0.717, 1.165) is 10.8 Å². The monoisotopic (exact) mass is 299 g/mol. The van der Waals surface area contributed by atoms with E-state index < -0.39 is 0 Å². The predicted molar refractivity (Wildman–Crippen MR) is 82.6 cm³/mol. The average molecular weight is 299 g/mol. The third kappa shape index (κ3) is 2.25. The molecule has 21 heavy (non-hydrogen) atoms. The van der Waals surface area contributed by atoms with Gasteiger partial charge in [-0.3, -0.25) is 4.79 Å². The van der Waals surface area contributed by atoms with Crippen LogP contribution in [0.25, 0.3) is 10.8 Å². The minimum atomic E-state index is -0.0549. The number of carbonyl (C=O) groups is 1. The number of ether oxygens (including phenoxy) is 2. The third-order valence-electron chi connectivity index (χ3n) is 3.26. The highest BCUT2D eigenvalue weighted by Crippen LogP contribution is 2.34. The van der Waals surface area contributed by atoms with E-state index in [1.807, 2.05) is 23.6 Å². The number of benzene rings is 1. The van der Waals surface area contributed by atoms with Gasteiger partial charge in [0.2, 0.25) is 11.7 Å². The first-order valence-corrected chi connectivity index (χ1v) is 7.22. The summed E-state index contributed by atoms with van der Waals surface area (Å²) in [7, 11) is 3.12. The van der Waals surface area contributed by atoms with Crippen LogP contribution in [0.4, 0.5) is 0 Å². The van der Waals surface area contributed by atoms with Crippen LogP contribution >= 0.6 is 11.3 Å². The molecule has 0 radical (unpaired) electrons. The molecule has 0 atom stereocenters. The smallest absolute Gasteiger partial charge is 0.221 e. The Bertz CT molecular complexity index is 797. The van der Waals surface area contributed by atoms with Crippen molar-refractivity contribution in [3.63, 3.8) is 0 Å². The van der Waals surface area contributed by atoms with Crippen molar-refractivity contribution in [2.75, 3.05) is 14.2 Å². The molecule has 1 aromatic carbocycles. The predicted octanol–water partition coefficient (Wildman–Crippen LogP) is 3.54. The van der Waals surface area contributed by atoms with Crippen molar-refractivity contribution >= 4 is 27.9 Å². The molecule has 0 amide bonds. The molecule has 0 aliphatic carbocycles. The van der Waals surface area contributed by atoms with Gasteiger partial charge in [-0.1, -0.05) is 6.07 Å². The molecule has 0 saturated heterocycles. The summed E-state index contributed by atoms with van der Waals surface area (Å²) in [6.45, 7) is 0. The summed E-state index contributed by atoms with van der Waals surface area (Å²) in [5, 5.41) is 3.45. The number of pyridine rings is 1. The number of fused-ring (bicyclic) bond motifs is 1. The Balaban J connectivity index is 2.31. The van der Waals surface area contributed by atoms with E-state index in [-0.39, 0.29) is 5.78 Å². The van der Waals surface area contributed by atoms with Crippen molar-refractivity contribution < 1.29 is 14.3 Å². The van der Waals surface area contributed by atoms with E-state index in [1.165, 1.54) is 11.3 Å². The number of hydrogen-bond donors (Lipinski definition) is 0. The molecular weight excluding hydrogens is 286 g/mol. The summed E-state index contributed by atoms with van der Waals surface area (Å²) in [6.07, 6.45) is 1.63. The van der Waals surface area contributed by atoms with Gasteiger partial charge in [-0.2, -0.15) is 0 Å². The molecule has 4 nitrogen and oxygen atoms in total. The minimum Gasteiger partial charge on any atom is -0.496 e.